The lowest BCUT2D eigenvalue weighted by Gasteiger charge is -2.50. The zero-order valence-corrected chi connectivity index (χ0v) is 20.1. The summed E-state index contributed by atoms with van der Waals surface area (Å²) in [6.07, 6.45) is 7.21. The van der Waals surface area contributed by atoms with Gasteiger partial charge in [-0.25, -0.2) is 18.4 Å². The van der Waals surface area contributed by atoms with Crippen LogP contribution in [0.1, 0.15) is 19.1 Å². The van der Waals surface area contributed by atoms with Crippen molar-refractivity contribution in [2.75, 3.05) is 13.1 Å². The fourth-order valence-electron chi connectivity index (χ4n) is 4.85. The molecule has 6 heterocycles. The Morgan fingerprint density at radius 1 is 1.31 bits per heavy atom. The molecule has 13 heteroatoms. The maximum atomic E-state index is 11.5. The van der Waals surface area contributed by atoms with E-state index in [0.717, 1.165) is 10.9 Å². The Bertz CT molecular complexity index is 1700. The van der Waals surface area contributed by atoms with Crippen molar-refractivity contribution in [1.29, 1.82) is 5.26 Å². The number of aliphatic hydroxyl groups excluding tert-OH is 1. The molecule has 6 rings (SSSR count). The maximum absolute atomic E-state index is 11.5. The third kappa shape index (κ3) is 3.34. The van der Waals surface area contributed by atoms with Crippen LogP contribution in [-0.2, 0) is 22.8 Å². The van der Waals surface area contributed by atoms with Crippen LogP contribution in [0.25, 0.3) is 39.3 Å². The number of nitriles is 1. The van der Waals surface area contributed by atoms with Crippen molar-refractivity contribution in [3.63, 3.8) is 0 Å². The lowest BCUT2D eigenvalue weighted by atomic mass is 9.87. The van der Waals surface area contributed by atoms with E-state index in [4.69, 9.17) is 9.40 Å². The highest BCUT2D eigenvalue weighted by atomic mass is 32.2. The van der Waals surface area contributed by atoms with E-state index in [0.29, 0.717) is 47.3 Å². The SMILES string of the molecule is CC(N1CC(CC#N)(n2cc(-n3c(-c4ccc(CO)o4)nc4cnc5[nH]ccc5c43)cn2)C1)[SH](=O)=O. The molecule has 36 heavy (non-hydrogen) atoms. The first-order valence-electron chi connectivity index (χ1n) is 11.3. The molecular formula is C23H22N8O4S. The first kappa shape index (κ1) is 22.5. The highest BCUT2D eigenvalue weighted by Gasteiger charge is 2.47. The van der Waals surface area contributed by atoms with Crippen molar-refractivity contribution in [1.82, 2.24) is 34.2 Å². The van der Waals surface area contributed by atoms with Crippen LogP contribution < -0.4 is 0 Å². The molecule has 0 bridgehead atoms. The van der Waals surface area contributed by atoms with Gasteiger partial charge in [0.25, 0.3) is 0 Å². The van der Waals surface area contributed by atoms with Crippen molar-refractivity contribution >= 4 is 32.8 Å². The standard InChI is InChI=1S/C23H22N8O4S/c1-14(36(33)34)29-12-23(13-29,5-6-24)30-10-15(8-27-30)31-20-17-4-7-25-21(17)26-9-18(20)28-22(31)19-3-2-16(11-32)35-19/h2-4,7-10,14,32,36H,5,11-13H2,1H3,(H,25,26). The number of hydrogen-bond donors (Lipinski definition) is 3. The van der Waals surface area contributed by atoms with Crippen LogP contribution in [0.15, 0.2) is 47.4 Å². The molecule has 184 valence electrons. The number of aromatic nitrogens is 6. The summed E-state index contributed by atoms with van der Waals surface area (Å²) < 4.78 is 32.4. The molecule has 1 saturated heterocycles. The number of H-pyrrole nitrogens is 1. The minimum atomic E-state index is -2.60. The van der Waals surface area contributed by atoms with E-state index in [1.54, 1.807) is 42.3 Å². The third-order valence-corrected chi connectivity index (χ3v) is 7.72. The number of imidazole rings is 1. The quantitative estimate of drug-likeness (QED) is 0.279. The van der Waals surface area contributed by atoms with Crippen LogP contribution in [0.5, 0.6) is 0 Å². The molecule has 2 N–H and O–H groups in total. The Morgan fingerprint density at radius 2 is 2.14 bits per heavy atom. The Morgan fingerprint density at radius 3 is 2.86 bits per heavy atom. The smallest absolute Gasteiger partial charge is 0.182 e. The molecule has 1 fully saturated rings. The molecule has 0 spiro atoms. The van der Waals surface area contributed by atoms with Gasteiger partial charge in [0.15, 0.2) is 22.3 Å². The Labute approximate surface area is 206 Å². The Hall–Kier alpha value is -3.99. The second-order valence-corrected chi connectivity index (χ2v) is 10.3. The first-order chi connectivity index (χ1) is 17.4. The number of hydrogen-bond acceptors (Lipinski definition) is 9. The molecule has 0 radical (unpaired) electrons. The van der Waals surface area contributed by atoms with E-state index in [2.05, 4.69) is 21.1 Å². The van der Waals surface area contributed by atoms with Crippen molar-refractivity contribution in [3.05, 3.63) is 48.7 Å². The zero-order chi connectivity index (χ0) is 25.0. The van der Waals surface area contributed by atoms with Gasteiger partial charge < -0.3 is 14.5 Å². The van der Waals surface area contributed by atoms with Gasteiger partial charge in [0, 0.05) is 30.9 Å². The molecule has 1 aliphatic heterocycles. The maximum Gasteiger partial charge on any atom is 0.182 e. The molecule has 1 aliphatic rings. The lowest BCUT2D eigenvalue weighted by molar-refractivity contribution is -0.000700. The Balaban J connectivity index is 1.50. The highest BCUT2D eigenvalue weighted by Crippen LogP contribution is 2.36. The fourth-order valence-corrected chi connectivity index (χ4v) is 5.28. The van der Waals surface area contributed by atoms with Crippen LogP contribution in [0.4, 0.5) is 0 Å². The summed E-state index contributed by atoms with van der Waals surface area (Å²) >= 11 is 0. The number of furan rings is 1. The monoisotopic (exact) mass is 506 g/mol. The van der Waals surface area contributed by atoms with E-state index in [9.17, 15) is 18.8 Å². The predicted molar refractivity (Wildman–Crippen MR) is 130 cm³/mol. The minimum absolute atomic E-state index is 0.189. The van der Waals surface area contributed by atoms with Crippen molar-refractivity contribution in [3.8, 4) is 23.3 Å². The molecule has 0 aromatic carbocycles. The molecule has 5 aromatic heterocycles. The van der Waals surface area contributed by atoms with Gasteiger partial charge in [0.05, 0.1) is 36.1 Å². The summed E-state index contributed by atoms with van der Waals surface area (Å²) in [5.74, 6) is 1.40. The normalized spacial score (nSPS) is 16.5. The number of pyridine rings is 1. The van der Waals surface area contributed by atoms with Gasteiger partial charge in [-0.3, -0.25) is 14.1 Å². The fraction of sp³-hybridized carbons (Fsp3) is 0.304. The molecule has 0 aliphatic carbocycles. The topological polar surface area (TPSA) is 159 Å². The second kappa shape index (κ2) is 8.30. The van der Waals surface area contributed by atoms with Crippen LogP contribution in [0, 0.1) is 11.3 Å². The zero-order valence-electron chi connectivity index (χ0n) is 19.2. The van der Waals surface area contributed by atoms with Crippen LogP contribution >= 0.6 is 0 Å². The van der Waals surface area contributed by atoms with Gasteiger partial charge >= 0.3 is 0 Å². The number of nitrogens with one attached hydrogen (secondary N) is 1. The summed E-state index contributed by atoms with van der Waals surface area (Å²) in [5, 5.41) is 23.9. The molecule has 0 amide bonds. The summed E-state index contributed by atoms with van der Waals surface area (Å²) in [4.78, 5) is 14.2. The number of nitrogens with zero attached hydrogens (tertiary/aromatic N) is 7. The van der Waals surface area contributed by atoms with E-state index in [-0.39, 0.29) is 13.0 Å². The number of thiol groups is 1. The van der Waals surface area contributed by atoms with E-state index in [1.807, 2.05) is 21.7 Å². The second-order valence-electron chi connectivity index (χ2n) is 8.95. The molecule has 0 saturated carbocycles. The van der Waals surface area contributed by atoms with Gasteiger partial charge in [0.2, 0.25) is 0 Å². The number of rotatable bonds is 7. The molecule has 12 nitrogen and oxygen atoms in total. The van der Waals surface area contributed by atoms with Crippen molar-refractivity contribution in [2.24, 2.45) is 0 Å². The number of likely N-dealkylation sites (tertiary alicyclic amines) is 1. The largest absolute Gasteiger partial charge is 0.455 e. The minimum Gasteiger partial charge on any atom is -0.455 e. The molecule has 1 atom stereocenters. The summed E-state index contributed by atoms with van der Waals surface area (Å²) in [5.41, 5.74) is 2.22. The van der Waals surface area contributed by atoms with E-state index >= 15 is 0 Å². The van der Waals surface area contributed by atoms with Gasteiger partial charge in [-0.15, -0.1) is 0 Å². The average molecular weight is 507 g/mol. The van der Waals surface area contributed by atoms with Crippen LogP contribution in [0.2, 0.25) is 0 Å². The van der Waals surface area contributed by atoms with E-state index in [1.165, 1.54) is 0 Å². The number of aromatic amines is 1. The van der Waals surface area contributed by atoms with Crippen molar-refractivity contribution < 1.29 is 17.9 Å². The first-order valence-corrected chi connectivity index (χ1v) is 12.5. The van der Waals surface area contributed by atoms with Gasteiger partial charge in [-0.05, 0) is 25.1 Å². The van der Waals surface area contributed by atoms with E-state index < -0.39 is 21.6 Å². The summed E-state index contributed by atoms with van der Waals surface area (Å²) in [6, 6.07) is 7.60. The van der Waals surface area contributed by atoms with Gasteiger partial charge in [-0.2, -0.15) is 10.4 Å². The van der Waals surface area contributed by atoms with Crippen LogP contribution in [-0.4, -0.2) is 66.2 Å². The summed E-state index contributed by atoms with van der Waals surface area (Å²) in [7, 11) is -2.60. The third-order valence-electron chi connectivity index (χ3n) is 6.79. The summed E-state index contributed by atoms with van der Waals surface area (Å²) in [6.45, 7) is 2.20. The Kier molecular flexibility index (Phi) is 5.18. The molecule has 5 aromatic rings. The van der Waals surface area contributed by atoms with Gasteiger partial charge in [0.1, 0.15) is 34.4 Å². The number of aliphatic hydroxyl groups is 1. The predicted octanol–water partition coefficient (Wildman–Crippen LogP) is 1.73. The van der Waals surface area contributed by atoms with Crippen LogP contribution in [0.3, 0.4) is 0 Å². The lowest BCUT2D eigenvalue weighted by Crippen LogP contribution is -2.65. The van der Waals surface area contributed by atoms with Gasteiger partial charge in [-0.1, -0.05) is 0 Å². The highest BCUT2D eigenvalue weighted by molar-refractivity contribution is 7.73. The average Bonchev–Trinajstić information content (AvgIpc) is 3.63. The van der Waals surface area contributed by atoms with Crippen molar-refractivity contribution in [2.45, 2.75) is 30.9 Å². The molecular weight excluding hydrogens is 484 g/mol. The number of fused-ring (bicyclic) bond motifs is 3. The molecule has 1 unspecified atom stereocenters.